The summed E-state index contributed by atoms with van der Waals surface area (Å²) in [5.74, 6) is -2.57. The average molecular weight is 694 g/mol. The van der Waals surface area contributed by atoms with Crippen LogP contribution < -0.4 is 11.1 Å². The Bertz CT molecular complexity index is 1730. The third-order valence-electron chi connectivity index (χ3n) is 8.77. The maximum absolute atomic E-state index is 14.1. The highest BCUT2D eigenvalue weighted by molar-refractivity contribution is 6.09. The Labute approximate surface area is 277 Å². The van der Waals surface area contributed by atoms with Crippen molar-refractivity contribution in [2.24, 2.45) is 10.7 Å². The van der Waals surface area contributed by atoms with Crippen LogP contribution in [0, 0.1) is 0 Å². The lowest BCUT2D eigenvalue weighted by atomic mass is 9.84. The molecule has 0 radical (unpaired) electrons. The van der Waals surface area contributed by atoms with Gasteiger partial charge in [-0.3, -0.25) is 14.5 Å². The van der Waals surface area contributed by atoms with Gasteiger partial charge in [-0.25, -0.2) is 19.4 Å². The summed E-state index contributed by atoms with van der Waals surface area (Å²) in [7, 11) is 0. The van der Waals surface area contributed by atoms with Crippen LogP contribution in [0.5, 0.6) is 0 Å². The van der Waals surface area contributed by atoms with Crippen molar-refractivity contribution in [3.05, 3.63) is 88.6 Å². The number of nitrogens with one attached hydrogen (secondary N) is 1. The normalized spacial score (nSPS) is 20.1. The first kappa shape index (κ1) is 35.5. The van der Waals surface area contributed by atoms with Gasteiger partial charge in [0.15, 0.2) is 11.5 Å². The number of guanidine groups is 1. The van der Waals surface area contributed by atoms with E-state index in [0.717, 1.165) is 60.6 Å². The molecule has 9 nitrogen and oxygen atoms in total. The topological polar surface area (TPSA) is 117 Å². The fraction of sp³-hybridized carbons (Fsp3) is 0.424. The number of benzene rings is 1. The molecule has 0 saturated heterocycles. The van der Waals surface area contributed by atoms with Crippen LogP contribution in [0.2, 0.25) is 0 Å². The summed E-state index contributed by atoms with van der Waals surface area (Å²) in [5.41, 5.74) is 3.23. The zero-order valence-electron chi connectivity index (χ0n) is 26.5. The van der Waals surface area contributed by atoms with Crippen LogP contribution in [-0.2, 0) is 30.6 Å². The summed E-state index contributed by atoms with van der Waals surface area (Å²) >= 11 is 0. The van der Waals surface area contributed by atoms with Crippen molar-refractivity contribution in [1.82, 2.24) is 19.8 Å². The maximum Gasteiger partial charge on any atom is 0.417 e. The zero-order chi connectivity index (χ0) is 35.7. The molecule has 1 atom stereocenters. The molecule has 1 saturated carbocycles. The first-order valence-electron chi connectivity index (χ1n) is 15.5. The van der Waals surface area contributed by atoms with Crippen molar-refractivity contribution in [2.75, 3.05) is 5.32 Å². The molecule has 1 aromatic heterocycles. The number of alkyl halides is 6. The van der Waals surface area contributed by atoms with Crippen LogP contribution in [0.25, 0.3) is 0 Å². The Hall–Kier alpha value is -4.76. The Balaban J connectivity index is 1.40. The van der Waals surface area contributed by atoms with Gasteiger partial charge in [0.2, 0.25) is 5.95 Å². The molecule has 0 unspecified atom stereocenters. The minimum atomic E-state index is -4.90. The molecule has 0 spiro atoms. The Morgan fingerprint density at radius 2 is 1.90 bits per heavy atom. The molecule has 1 aliphatic carbocycles. The Kier molecular flexibility index (Phi) is 9.89. The molecule has 2 aromatic rings. The quantitative estimate of drug-likeness (QED) is 0.199. The second-order valence-electron chi connectivity index (χ2n) is 12.2. The van der Waals surface area contributed by atoms with Crippen LogP contribution in [0.1, 0.15) is 78.2 Å². The van der Waals surface area contributed by atoms with Crippen molar-refractivity contribution in [3.63, 3.8) is 0 Å². The highest BCUT2D eigenvalue weighted by Crippen LogP contribution is 2.39. The van der Waals surface area contributed by atoms with E-state index in [1.807, 2.05) is 0 Å². The van der Waals surface area contributed by atoms with E-state index in [1.165, 1.54) is 18.0 Å². The smallest absolute Gasteiger partial charge is 0.369 e. The molecule has 3 aliphatic rings. The number of anilines is 1. The van der Waals surface area contributed by atoms with Crippen LogP contribution in [-0.4, -0.2) is 55.3 Å². The molecule has 16 heteroatoms. The largest absolute Gasteiger partial charge is 0.417 e. The SMILES string of the molecule is C=C(/C=C\C(F)=C/C)[C@@]1(CCCC(F)(F)F)N=C(N)N(Cc2ccc(C(F)(F)F)c(C(=O)N3Cc4cnc(NC5CCC5)nc4C3)c2)C1=O. The number of allylic oxidation sites excluding steroid dienone is 3. The highest BCUT2D eigenvalue weighted by Gasteiger charge is 2.49. The summed E-state index contributed by atoms with van der Waals surface area (Å²) < 4.78 is 95.3. The molecule has 0 bridgehead atoms. The van der Waals surface area contributed by atoms with E-state index in [-0.39, 0.29) is 30.3 Å². The third-order valence-corrected chi connectivity index (χ3v) is 8.77. The van der Waals surface area contributed by atoms with Crippen LogP contribution >= 0.6 is 0 Å². The van der Waals surface area contributed by atoms with Gasteiger partial charge < -0.3 is 16.0 Å². The van der Waals surface area contributed by atoms with Crippen LogP contribution in [0.3, 0.4) is 0 Å². The summed E-state index contributed by atoms with van der Waals surface area (Å²) in [5, 5.41) is 3.20. The first-order chi connectivity index (χ1) is 23.0. The number of hydrogen-bond donors (Lipinski definition) is 2. The van der Waals surface area contributed by atoms with Gasteiger partial charge in [0, 0.05) is 30.8 Å². The standard InChI is InChI=1S/C33H34F7N7O2/c1-3-22(34)10-8-19(2)31(12-5-13-32(35,36)37)28(49)47(29(41)45-31)16-20-9-11-25(33(38,39)40)24(14-20)27(48)46-17-21-15-42-30(44-26(21)18-46)43-23-6-4-7-23/h3,8-11,14-15,23H,2,4-7,12-13,16-18H2,1H3,(H2,41,45)(H,42,43,44)/b10-8-,22-3+/t31-/m1/s1. The van der Waals surface area contributed by atoms with Crippen LogP contribution in [0.15, 0.2) is 65.6 Å². The Morgan fingerprint density at radius 1 is 1.16 bits per heavy atom. The summed E-state index contributed by atoms with van der Waals surface area (Å²) in [6, 6.07) is 3.04. The first-order valence-corrected chi connectivity index (χ1v) is 15.5. The number of carbonyl (C=O) groups excluding carboxylic acids is 2. The molecule has 5 rings (SSSR count). The number of aliphatic imine (C=N–C) groups is 1. The predicted molar refractivity (Wildman–Crippen MR) is 166 cm³/mol. The highest BCUT2D eigenvalue weighted by atomic mass is 19.4. The molecular formula is C33H34F7N7O2. The van der Waals surface area contributed by atoms with Crippen LogP contribution in [0.4, 0.5) is 36.7 Å². The fourth-order valence-electron chi connectivity index (χ4n) is 5.84. The molecule has 49 heavy (non-hydrogen) atoms. The second kappa shape index (κ2) is 13.6. The number of amides is 2. The maximum atomic E-state index is 14.1. The molecule has 3 heterocycles. The van der Waals surface area contributed by atoms with E-state index in [1.54, 1.807) is 0 Å². The molecule has 2 amide bonds. The predicted octanol–water partition coefficient (Wildman–Crippen LogP) is 6.73. The lowest BCUT2D eigenvalue weighted by Gasteiger charge is -2.27. The van der Waals surface area contributed by atoms with Gasteiger partial charge in [-0.1, -0.05) is 24.8 Å². The molecule has 1 fully saturated rings. The zero-order valence-corrected chi connectivity index (χ0v) is 26.5. The minimum Gasteiger partial charge on any atom is -0.369 e. The molecule has 2 aliphatic heterocycles. The number of aromatic nitrogens is 2. The van der Waals surface area contributed by atoms with Crippen molar-refractivity contribution in [2.45, 2.75) is 89.0 Å². The molecular weight excluding hydrogens is 659 g/mol. The van der Waals surface area contributed by atoms with E-state index in [9.17, 15) is 40.3 Å². The van der Waals surface area contributed by atoms with Gasteiger partial charge in [0.25, 0.3) is 11.8 Å². The average Bonchev–Trinajstić information content (AvgIpc) is 3.54. The monoisotopic (exact) mass is 693 g/mol. The summed E-state index contributed by atoms with van der Waals surface area (Å²) in [6.45, 7) is 4.63. The van der Waals surface area contributed by atoms with Gasteiger partial charge in [0.1, 0.15) is 5.83 Å². The number of nitrogens with two attached hydrogens (primary N) is 1. The third kappa shape index (κ3) is 7.78. The molecule has 262 valence electrons. The minimum absolute atomic E-state index is 0.0203. The fourth-order valence-corrected chi connectivity index (χ4v) is 5.84. The number of rotatable bonds is 11. The number of nitrogens with zero attached hydrogens (tertiary/aromatic N) is 5. The summed E-state index contributed by atoms with van der Waals surface area (Å²) in [6.07, 6.45) is -3.93. The number of fused-ring (bicyclic) bond motifs is 1. The van der Waals surface area contributed by atoms with Crippen molar-refractivity contribution in [3.8, 4) is 0 Å². The van der Waals surface area contributed by atoms with E-state index in [0.29, 0.717) is 17.2 Å². The molecule has 3 N–H and O–H groups in total. The van der Waals surface area contributed by atoms with Gasteiger partial charge >= 0.3 is 12.4 Å². The van der Waals surface area contributed by atoms with E-state index >= 15 is 0 Å². The second-order valence-corrected chi connectivity index (χ2v) is 12.2. The van der Waals surface area contributed by atoms with Gasteiger partial charge in [-0.2, -0.15) is 26.3 Å². The van der Waals surface area contributed by atoms with Crippen molar-refractivity contribution in [1.29, 1.82) is 0 Å². The Morgan fingerprint density at radius 3 is 2.53 bits per heavy atom. The van der Waals surface area contributed by atoms with E-state index < -0.39 is 78.4 Å². The van der Waals surface area contributed by atoms with E-state index in [4.69, 9.17) is 5.73 Å². The van der Waals surface area contributed by atoms with Gasteiger partial charge in [0.05, 0.1) is 29.9 Å². The number of hydrogen-bond acceptors (Lipinski definition) is 7. The van der Waals surface area contributed by atoms with Crippen molar-refractivity contribution >= 4 is 23.7 Å². The van der Waals surface area contributed by atoms with Crippen molar-refractivity contribution < 1.29 is 40.3 Å². The molecule has 1 aromatic carbocycles. The van der Waals surface area contributed by atoms with E-state index in [2.05, 4.69) is 26.9 Å². The lowest BCUT2D eigenvalue weighted by Crippen LogP contribution is -2.44. The van der Waals surface area contributed by atoms with Gasteiger partial charge in [-0.15, -0.1) is 0 Å². The number of halogens is 7. The number of carbonyl (C=O) groups is 2. The van der Waals surface area contributed by atoms with Gasteiger partial charge in [-0.05, 0) is 68.4 Å². The lowest BCUT2D eigenvalue weighted by molar-refractivity contribution is -0.138. The summed E-state index contributed by atoms with van der Waals surface area (Å²) in [4.78, 5) is 42.5.